The number of carboxylic acids is 1. The number of phenols is 4. The SMILES string of the molecule is Cn1cc(-c2c(C(=O)OCc3cn(CC(=O)NC(CCCN=C(N)N)C(=O)O)nn3)oc3cc(O)c(O)cc3c2=O)c(=O)c2cc(O)c(O)cc21. The van der Waals surface area contributed by atoms with E-state index in [1.165, 1.54) is 24.0 Å². The number of hydrogen-bond donors (Lipinski definition) is 8. The molecule has 0 radical (unpaired) electrons. The van der Waals surface area contributed by atoms with E-state index < -0.39 is 82.2 Å². The third-order valence-corrected chi connectivity index (χ3v) is 7.55. The van der Waals surface area contributed by atoms with Gasteiger partial charge in [0.05, 0.1) is 33.6 Å². The van der Waals surface area contributed by atoms with Crippen molar-refractivity contribution in [1.82, 2.24) is 24.9 Å². The number of rotatable bonds is 12. The number of aliphatic carboxylic acids is 1. The lowest BCUT2D eigenvalue weighted by Gasteiger charge is -2.13. The van der Waals surface area contributed by atoms with Crippen LogP contribution in [-0.4, -0.2) is 81.5 Å². The number of carboxylic acid groups (broad SMARTS) is 1. The Bertz CT molecular complexity index is 2360. The Hall–Kier alpha value is -7.12. The van der Waals surface area contributed by atoms with Crippen molar-refractivity contribution in [2.45, 2.75) is 32.0 Å². The summed E-state index contributed by atoms with van der Waals surface area (Å²) in [6.07, 6.45) is 2.76. The van der Waals surface area contributed by atoms with E-state index in [0.717, 1.165) is 28.9 Å². The van der Waals surface area contributed by atoms with Gasteiger partial charge < -0.3 is 56.0 Å². The van der Waals surface area contributed by atoms with Crippen molar-refractivity contribution < 1.29 is 49.1 Å². The van der Waals surface area contributed by atoms with Crippen LogP contribution in [0.5, 0.6) is 23.0 Å². The maximum atomic E-state index is 13.8. The highest BCUT2D eigenvalue weighted by Crippen LogP contribution is 2.33. The van der Waals surface area contributed by atoms with Crippen LogP contribution in [0.2, 0.25) is 0 Å². The van der Waals surface area contributed by atoms with Gasteiger partial charge in [-0.3, -0.25) is 19.4 Å². The Labute approximate surface area is 284 Å². The van der Waals surface area contributed by atoms with Gasteiger partial charge in [0, 0.05) is 31.9 Å². The lowest BCUT2D eigenvalue weighted by Crippen LogP contribution is -2.42. The van der Waals surface area contributed by atoms with E-state index >= 15 is 0 Å². The molecular weight excluding hydrogens is 676 g/mol. The molecule has 5 aromatic rings. The largest absolute Gasteiger partial charge is 0.504 e. The Kier molecular flexibility index (Phi) is 9.77. The number of nitrogens with two attached hydrogens (primary N) is 2. The Morgan fingerprint density at radius 2 is 1.65 bits per heavy atom. The highest BCUT2D eigenvalue weighted by atomic mass is 16.5. The van der Waals surface area contributed by atoms with E-state index in [0.29, 0.717) is 0 Å². The number of pyridine rings is 1. The van der Waals surface area contributed by atoms with E-state index in [1.54, 1.807) is 0 Å². The van der Waals surface area contributed by atoms with Crippen LogP contribution in [0.4, 0.5) is 0 Å². The highest BCUT2D eigenvalue weighted by molar-refractivity contribution is 5.99. The third kappa shape index (κ3) is 7.48. The average molecular weight is 707 g/mol. The van der Waals surface area contributed by atoms with Gasteiger partial charge in [-0.1, -0.05) is 5.21 Å². The number of nitrogens with one attached hydrogen (secondary N) is 1. The van der Waals surface area contributed by atoms with E-state index in [1.807, 2.05) is 0 Å². The number of ether oxygens (including phenoxy) is 1. The second-order valence-electron chi connectivity index (χ2n) is 11.2. The van der Waals surface area contributed by atoms with Crippen molar-refractivity contribution in [2.24, 2.45) is 23.5 Å². The molecule has 20 nitrogen and oxygen atoms in total. The minimum atomic E-state index is -1.27. The highest BCUT2D eigenvalue weighted by Gasteiger charge is 2.28. The number of carbonyl (C=O) groups is 3. The monoisotopic (exact) mass is 706 g/mol. The molecule has 10 N–H and O–H groups in total. The van der Waals surface area contributed by atoms with Crippen LogP contribution in [0, 0.1) is 0 Å². The first kappa shape index (κ1) is 35.2. The molecule has 0 spiro atoms. The second kappa shape index (κ2) is 14.2. The molecule has 0 aliphatic rings. The van der Waals surface area contributed by atoms with E-state index in [4.69, 9.17) is 20.6 Å². The first-order valence-electron chi connectivity index (χ1n) is 14.9. The summed E-state index contributed by atoms with van der Waals surface area (Å²) in [5.74, 6) is -6.63. The predicted octanol–water partition coefficient (Wildman–Crippen LogP) is -0.294. The molecule has 266 valence electrons. The number of benzene rings is 2. The van der Waals surface area contributed by atoms with Gasteiger partial charge >= 0.3 is 11.9 Å². The first-order valence-corrected chi connectivity index (χ1v) is 14.9. The van der Waals surface area contributed by atoms with Crippen LogP contribution in [0.25, 0.3) is 33.0 Å². The summed E-state index contributed by atoms with van der Waals surface area (Å²) in [4.78, 5) is 68.8. The topological polar surface area (TPSA) is 321 Å². The standard InChI is InChI=1S/C31H30N8O12/c1-38-10-16(26(45)14-5-19(40)21(42)7-18(14)38)25-27(46)15-6-20(41)22(43)8-23(15)51-28(25)30(49)50-12-13-9-39(37-36-13)11-24(44)35-17(29(47)48)3-2-4-34-31(32)33/h5-10,17,40-43H,2-4,11-12H2,1H3,(H,35,44)(H,47,48)(H4,32,33,34). The summed E-state index contributed by atoms with van der Waals surface area (Å²) in [7, 11) is 1.48. The molecule has 5 rings (SSSR count). The van der Waals surface area contributed by atoms with Gasteiger partial charge in [-0.2, -0.15) is 0 Å². The summed E-state index contributed by atoms with van der Waals surface area (Å²) < 4.78 is 13.4. The normalized spacial score (nSPS) is 11.7. The number of phenolic OH excluding ortho intramolecular Hbond substituents is 4. The number of fused-ring (bicyclic) bond motifs is 2. The van der Waals surface area contributed by atoms with Crippen molar-refractivity contribution in [3.8, 4) is 34.1 Å². The summed E-state index contributed by atoms with van der Waals surface area (Å²) in [5, 5.41) is 59.0. The summed E-state index contributed by atoms with van der Waals surface area (Å²) in [6, 6.07) is 2.67. The smallest absolute Gasteiger partial charge is 0.375 e. The first-order chi connectivity index (χ1) is 24.1. The van der Waals surface area contributed by atoms with Crippen LogP contribution in [0.15, 0.2) is 55.7 Å². The summed E-state index contributed by atoms with van der Waals surface area (Å²) in [5.41, 5.74) is 7.64. The molecule has 0 aliphatic heterocycles. The van der Waals surface area contributed by atoms with Gasteiger partial charge in [0.25, 0.3) is 0 Å². The molecule has 51 heavy (non-hydrogen) atoms. The van der Waals surface area contributed by atoms with Gasteiger partial charge in [0.15, 0.2) is 34.4 Å². The van der Waals surface area contributed by atoms with Crippen molar-refractivity contribution in [3.05, 3.63) is 68.6 Å². The number of nitrogens with zero attached hydrogens (tertiary/aromatic N) is 5. The van der Waals surface area contributed by atoms with Gasteiger partial charge in [-0.05, 0) is 25.0 Å². The summed E-state index contributed by atoms with van der Waals surface area (Å²) in [6.45, 7) is -0.858. The number of aromatic nitrogens is 4. The number of carbonyl (C=O) groups excluding carboxylic acids is 2. The van der Waals surface area contributed by atoms with Crippen molar-refractivity contribution in [3.63, 3.8) is 0 Å². The van der Waals surface area contributed by atoms with Crippen molar-refractivity contribution in [1.29, 1.82) is 0 Å². The third-order valence-electron chi connectivity index (χ3n) is 7.55. The molecule has 3 aromatic heterocycles. The quantitative estimate of drug-likeness (QED) is 0.0271. The Morgan fingerprint density at radius 1 is 0.980 bits per heavy atom. The van der Waals surface area contributed by atoms with Gasteiger partial charge in [0.2, 0.25) is 17.1 Å². The summed E-state index contributed by atoms with van der Waals surface area (Å²) >= 11 is 0. The van der Waals surface area contributed by atoms with Crippen LogP contribution < -0.4 is 27.6 Å². The number of aromatic hydroxyl groups is 4. The molecule has 1 unspecified atom stereocenters. The lowest BCUT2D eigenvalue weighted by atomic mass is 10.0. The van der Waals surface area contributed by atoms with Crippen LogP contribution in [0.3, 0.4) is 0 Å². The maximum absolute atomic E-state index is 13.8. The molecule has 1 amide bonds. The maximum Gasteiger partial charge on any atom is 0.375 e. The Morgan fingerprint density at radius 3 is 2.33 bits per heavy atom. The number of esters is 1. The van der Waals surface area contributed by atoms with E-state index in [9.17, 15) is 49.5 Å². The lowest BCUT2D eigenvalue weighted by molar-refractivity contribution is -0.142. The Balaban J connectivity index is 1.41. The van der Waals surface area contributed by atoms with E-state index in [-0.39, 0.29) is 58.5 Å². The molecule has 0 saturated carbocycles. The van der Waals surface area contributed by atoms with Crippen molar-refractivity contribution >= 4 is 45.7 Å². The molecule has 1 atom stereocenters. The molecule has 0 aliphatic carbocycles. The number of hydrogen-bond acceptors (Lipinski definition) is 14. The van der Waals surface area contributed by atoms with Gasteiger partial charge in [0.1, 0.15) is 30.5 Å². The molecular formula is C31H30N8O12. The number of guanidine groups is 1. The number of amides is 1. The van der Waals surface area contributed by atoms with Gasteiger partial charge in [-0.15, -0.1) is 5.10 Å². The minimum absolute atomic E-state index is 0.0207. The fraction of sp³-hybridized carbons (Fsp3) is 0.226. The van der Waals surface area contributed by atoms with Crippen LogP contribution in [-0.2, 0) is 34.5 Å². The second-order valence-corrected chi connectivity index (χ2v) is 11.2. The molecule has 3 heterocycles. The number of aliphatic imine (C=N–C) groups is 1. The van der Waals surface area contributed by atoms with Crippen LogP contribution in [0.1, 0.15) is 29.1 Å². The molecule has 0 saturated heterocycles. The zero-order valence-electron chi connectivity index (χ0n) is 26.6. The van der Waals surface area contributed by atoms with Crippen LogP contribution >= 0.6 is 0 Å². The predicted molar refractivity (Wildman–Crippen MR) is 176 cm³/mol. The van der Waals surface area contributed by atoms with E-state index in [2.05, 4.69) is 20.6 Å². The fourth-order valence-electron chi connectivity index (χ4n) is 5.13. The number of aryl methyl sites for hydroxylation is 1. The molecule has 2 aromatic carbocycles. The zero-order valence-corrected chi connectivity index (χ0v) is 26.6. The van der Waals surface area contributed by atoms with Crippen molar-refractivity contribution in [2.75, 3.05) is 6.54 Å². The van der Waals surface area contributed by atoms with Gasteiger partial charge in [-0.25, -0.2) is 14.3 Å². The zero-order chi connectivity index (χ0) is 37.1. The molecule has 20 heteroatoms. The molecule has 0 bridgehead atoms. The average Bonchev–Trinajstić information content (AvgIpc) is 3.51. The fourth-order valence-corrected chi connectivity index (χ4v) is 5.13. The molecule has 0 fully saturated rings. The minimum Gasteiger partial charge on any atom is -0.504 e.